The topological polar surface area (TPSA) is 69.9 Å². The van der Waals surface area contributed by atoms with Gasteiger partial charge in [-0.05, 0) is 42.2 Å². The van der Waals surface area contributed by atoms with E-state index >= 15 is 0 Å². The van der Waals surface area contributed by atoms with E-state index in [0.29, 0.717) is 32.8 Å². The van der Waals surface area contributed by atoms with Gasteiger partial charge in [0.25, 0.3) is 5.56 Å². The maximum absolute atomic E-state index is 13.6. The van der Waals surface area contributed by atoms with Crippen LogP contribution < -0.4 is 24.4 Å². The van der Waals surface area contributed by atoms with Gasteiger partial charge in [0.05, 0.1) is 30.5 Å². The van der Waals surface area contributed by atoms with E-state index in [-0.39, 0.29) is 11.3 Å². The number of allylic oxidation sites excluding steroid dienone is 2. The minimum Gasteiger partial charge on any atom is -0.493 e. The van der Waals surface area contributed by atoms with Crippen molar-refractivity contribution in [2.24, 2.45) is 4.99 Å². The Morgan fingerprint density at radius 3 is 2.56 bits per heavy atom. The summed E-state index contributed by atoms with van der Waals surface area (Å²) in [4.78, 5) is 31.8. The molecule has 0 spiro atoms. The molecule has 1 aromatic heterocycles. The summed E-state index contributed by atoms with van der Waals surface area (Å²) >= 11 is 1.35. The van der Waals surface area contributed by atoms with Gasteiger partial charge < -0.3 is 9.47 Å². The predicted molar refractivity (Wildman–Crippen MR) is 123 cm³/mol. The van der Waals surface area contributed by atoms with E-state index in [0.717, 1.165) is 29.7 Å². The summed E-state index contributed by atoms with van der Waals surface area (Å²) in [6.07, 6.45) is 3.88. The molecule has 0 bridgehead atoms. The highest BCUT2D eigenvalue weighted by atomic mass is 32.1. The minimum absolute atomic E-state index is 0.0815. The molecule has 2 aromatic carbocycles. The number of rotatable bonds is 4. The lowest BCUT2D eigenvalue weighted by Gasteiger charge is -2.28. The minimum atomic E-state index is -0.442. The maximum atomic E-state index is 13.6. The van der Waals surface area contributed by atoms with Crippen LogP contribution in [0.5, 0.6) is 11.5 Å². The Labute approximate surface area is 188 Å². The van der Waals surface area contributed by atoms with Crippen LogP contribution in [0.2, 0.25) is 0 Å². The third kappa shape index (κ3) is 3.39. The number of ether oxygens (including phenoxy) is 2. The van der Waals surface area contributed by atoms with Crippen molar-refractivity contribution < 1.29 is 14.3 Å². The number of carbonyl (C=O) groups is 1. The zero-order valence-electron chi connectivity index (χ0n) is 17.8. The zero-order chi connectivity index (χ0) is 22.2. The predicted octanol–water partition coefficient (Wildman–Crippen LogP) is 2.99. The number of hydrogen-bond acceptors (Lipinski definition) is 6. The van der Waals surface area contributed by atoms with Crippen molar-refractivity contribution in [3.63, 3.8) is 0 Å². The van der Waals surface area contributed by atoms with Crippen LogP contribution in [0, 0.1) is 0 Å². The first-order chi connectivity index (χ1) is 15.6. The second-order valence-electron chi connectivity index (χ2n) is 7.74. The largest absolute Gasteiger partial charge is 0.493 e. The van der Waals surface area contributed by atoms with Gasteiger partial charge in [-0.3, -0.25) is 14.2 Å². The van der Waals surface area contributed by atoms with Gasteiger partial charge in [0.1, 0.15) is 0 Å². The average molecular weight is 447 g/mol. The fraction of sp³-hybridized carbons (Fsp3) is 0.240. The molecule has 0 saturated heterocycles. The molecule has 1 atom stereocenters. The molecule has 6 nitrogen and oxygen atoms in total. The molecule has 7 heteroatoms. The molecule has 1 aliphatic heterocycles. The quantitative estimate of drug-likeness (QED) is 0.618. The molecule has 0 fully saturated rings. The van der Waals surface area contributed by atoms with Crippen LogP contribution in [-0.2, 0) is 4.79 Å². The smallest absolute Gasteiger partial charge is 0.271 e. The second-order valence-corrected chi connectivity index (χ2v) is 8.75. The van der Waals surface area contributed by atoms with Crippen LogP contribution in [0.25, 0.3) is 6.08 Å². The SMILES string of the molecule is COc1ccc(C=c2sc3n(c2=O)C(c2ccccc2)C2=C(CCCC2=O)N=3)cc1OC. The molecule has 1 unspecified atom stereocenters. The Morgan fingerprint density at radius 2 is 1.81 bits per heavy atom. The van der Waals surface area contributed by atoms with Gasteiger partial charge >= 0.3 is 0 Å². The van der Waals surface area contributed by atoms with Gasteiger partial charge in [0.2, 0.25) is 0 Å². The molecule has 3 aromatic rings. The lowest BCUT2D eigenvalue weighted by Crippen LogP contribution is -2.40. The van der Waals surface area contributed by atoms with E-state index < -0.39 is 6.04 Å². The molecular weight excluding hydrogens is 424 g/mol. The Balaban J connectivity index is 1.71. The third-order valence-corrected chi connectivity index (χ3v) is 6.83. The molecule has 0 N–H and O–H groups in total. The lowest BCUT2D eigenvalue weighted by atomic mass is 9.86. The number of methoxy groups -OCH3 is 2. The van der Waals surface area contributed by atoms with Crippen LogP contribution in [0.3, 0.4) is 0 Å². The molecule has 2 aliphatic rings. The van der Waals surface area contributed by atoms with E-state index in [1.807, 2.05) is 54.6 Å². The highest BCUT2D eigenvalue weighted by Crippen LogP contribution is 2.36. The normalized spacial score (nSPS) is 18.1. The lowest BCUT2D eigenvalue weighted by molar-refractivity contribution is -0.116. The summed E-state index contributed by atoms with van der Waals surface area (Å²) in [6.45, 7) is 0. The molecule has 1 aliphatic carbocycles. The van der Waals surface area contributed by atoms with Crippen LogP contribution in [0.15, 0.2) is 69.6 Å². The molecule has 32 heavy (non-hydrogen) atoms. The molecule has 2 heterocycles. The number of benzene rings is 2. The number of hydrogen-bond donors (Lipinski definition) is 0. The Hall–Kier alpha value is -3.45. The van der Waals surface area contributed by atoms with E-state index in [9.17, 15) is 9.59 Å². The third-order valence-electron chi connectivity index (χ3n) is 5.85. The van der Waals surface area contributed by atoms with Gasteiger partial charge in [-0.1, -0.05) is 47.7 Å². The van der Waals surface area contributed by atoms with Crippen molar-refractivity contribution >= 4 is 23.2 Å². The number of carbonyl (C=O) groups excluding carboxylic acids is 1. The van der Waals surface area contributed by atoms with E-state index in [1.54, 1.807) is 18.8 Å². The Morgan fingerprint density at radius 1 is 1.03 bits per heavy atom. The summed E-state index contributed by atoms with van der Waals surface area (Å²) in [6, 6.07) is 14.8. The molecule has 0 radical (unpaired) electrons. The van der Waals surface area contributed by atoms with Gasteiger partial charge in [-0.15, -0.1) is 0 Å². The van der Waals surface area contributed by atoms with Gasteiger partial charge in [-0.2, -0.15) is 0 Å². The molecule has 0 saturated carbocycles. The fourth-order valence-corrected chi connectivity index (χ4v) is 5.37. The fourth-order valence-electron chi connectivity index (χ4n) is 4.36. The van der Waals surface area contributed by atoms with Crippen molar-refractivity contribution in [1.29, 1.82) is 0 Å². The maximum Gasteiger partial charge on any atom is 0.271 e. The summed E-state index contributed by atoms with van der Waals surface area (Å²) < 4.78 is 12.9. The van der Waals surface area contributed by atoms with Crippen molar-refractivity contribution in [2.45, 2.75) is 25.3 Å². The first-order valence-electron chi connectivity index (χ1n) is 10.5. The number of fused-ring (bicyclic) bond motifs is 1. The summed E-state index contributed by atoms with van der Waals surface area (Å²) in [7, 11) is 3.17. The number of nitrogens with zero attached hydrogens (tertiary/aromatic N) is 2. The number of aromatic nitrogens is 1. The monoisotopic (exact) mass is 446 g/mol. The molecular formula is C25H22N2O4S. The number of thiazole rings is 1. The highest BCUT2D eigenvalue weighted by molar-refractivity contribution is 7.07. The van der Waals surface area contributed by atoms with Gasteiger partial charge in [0.15, 0.2) is 22.1 Å². The Kier molecular flexibility index (Phi) is 5.27. The van der Waals surface area contributed by atoms with E-state index in [1.165, 1.54) is 11.3 Å². The highest BCUT2D eigenvalue weighted by Gasteiger charge is 2.34. The van der Waals surface area contributed by atoms with Crippen LogP contribution >= 0.6 is 11.3 Å². The van der Waals surface area contributed by atoms with Crippen molar-refractivity contribution in [2.75, 3.05) is 14.2 Å². The number of Topliss-reactive ketones (excluding diaryl/α,β-unsaturated/α-hetero) is 1. The zero-order valence-corrected chi connectivity index (χ0v) is 18.6. The van der Waals surface area contributed by atoms with Gasteiger partial charge in [-0.25, -0.2) is 4.99 Å². The van der Waals surface area contributed by atoms with Crippen LogP contribution in [-0.4, -0.2) is 24.6 Å². The summed E-state index contributed by atoms with van der Waals surface area (Å²) in [5.41, 5.74) is 3.07. The van der Waals surface area contributed by atoms with Crippen molar-refractivity contribution in [1.82, 2.24) is 4.57 Å². The van der Waals surface area contributed by atoms with E-state index in [2.05, 4.69) is 0 Å². The average Bonchev–Trinajstić information content (AvgIpc) is 3.13. The first kappa shape index (κ1) is 20.5. The van der Waals surface area contributed by atoms with Crippen molar-refractivity contribution in [3.05, 3.63) is 90.6 Å². The van der Waals surface area contributed by atoms with E-state index in [4.69, 9.17) is 14.5 Å². The molecule has 5 rings (SSSR count). The summed E-state index contributed by atoms with van der Waals surface area (Å²) in [5, 5.41) is 0. The van der Waals surface area contributed by atoms with Crippen LogP contribution in [0.1, 0.15) is 36.4 Å². The Bertz CT molecular complexity index is 1420. The van der Waals surface area contributed by atoms with Gasteiger partial charge in [0, 0.05) is 12.0 Å². The molecule has 0 amide bonds. The van der Waals surface area contributed by atoms with Crippen LogP contribution in [0.4, 0.5) is 0 Å². The standard InChI is InChI=1S/C25H22N2O4S/c1-30-19-12-11-15(13-20(19)31-2)14-21-24(29)27-23(16-7-4-3-5-8-16)22-17(26-25(27)32-21)9-6-10-18(22)28/h3-5,7-8,11-14,23H,6,9-10H2,1-2H3. The second kappa shape index (κ2) is 8.24. The summed E-state index contributed by atoms with van der Waals surface area (Å²) in [5.74, 6) is 1.30. The first-order valence-corrected chi connectivity index (χ1v) is 11.3. The number of ketones is 1. The van der Waals surface area contributed by atoms with Crippen molar-refractivity contribution in [3.8, 4) is 11.5 Å². The molecule has 162 valence electrons.